The number of carboxylic acids is 2. The zero-order valence-electron chi connectivity index (χ0n) is 13.5. The molecule has 1 aromatic carbocycles. The molecule has 3 unspecified atom stereocenters. The molecule has 1 fully saturated rings. The van der Waals surface area contributed by atoms with Crippen molar-refractivity contribution in [3.8, 4) is 0 Å². The molecule has 5 heteroatoms. The van der Waals surface area contributed by atoms with Crippen LogP contribution in [0.2, 0.25) is 0 Å². The molecule has 0 amide bonds. The Hall–Kier alpha value is -2.40. The lowest BCUT2D eigenvalue weighted by molar-refractivity contribution is -0.161. The number of piperidine rings is 1. The van der Waals surface area contributed by atoms with Gasteiger partial charge in [-0.05, 0) is 29.9 Å². The van der Waals surface area contributed by atoms with Crippen LogP contribution in [0.15, 0.2) is 54.1 Å². The summed E-state index contributed by atoms with van der Waals surface area (Å²) in [5, 5.41) is 22.2. The molecule has 5 nitrogen and oxygen atoms in total. The molecule has 0 saturated carbocycles. The second-order valence-corrected chi connectivity index (χ2v) is 6.42. The number of aliphatic carboxylic acids is 2. The molecule has 1 aromatic rings. The first kappa shape index (κ1) is 16.5. The lowest BCUT2D eigenvalue weighted by Crippen LogP contribution is -2.66. The molecular weight excluding hydrogens is 306 g/mol. The minimum Gasteiger partial charge on any atom is -0.479 e. The lowest BCUT2D eigenvalue weighted by atomic mass is 9.66. The van der Waals surface area contributed by atoms with Crippen molar-refractivity contribution in [3.05, 3.63) is 59.7 Å². The molecular formula is C19H21NO4. The summed E-state index contributed by atoms with van der Waals surface area (Å²) < 4.78 is 0. The second-order valence-electron chi connectivity index (χ2n) is 6.42. The summed E-state index contributed by atoms with van der Waals surface area (Å²) in [5.41, 5.74) is 0.221. The van der Waals surface area contributed by atoms with Crippen molar-refractivity contribution < 1.29 is 19.8 Å². The van der Waals surface area contributed by atoms with Crippen molar-refractivity contribution in [2.75, 3.05) is 0 Å². The van der Waals surface area contributed by atoms with Crippen molar-refractivity contribution in [1.82, 2.24) is 5.32 Å². The van der Waals surface area contributed by atoms with E-state index in [-0.39, 0.29) is 24.3 Å². The Balaban J connectivity index is 2.06. The summed E-state index contributed by atoms with van der Waals surface area (Å²) in [6, 6.07) is 9.58. The molecule has 126 valence electrons. The minimum absolute atomic E-state index is 0.0135. The van der Waals surface area contributed by atoms with E-state index in [0.717, 1.165) is 11.1 Å². The first-order valence-corrected chi connectivity index (χ1v) is 8.17. The van der Waals surface area contributed by atoms with Gasteiger partial charge < -0.3 is 10.2 Å². The van der Waals surface area contributed by atoms with E-state index < -0.39 is 17.5 Å². The molecule has 1 aliphatic heterocycles. The molecule has 2 aliphatic rings. The van der Waals surface area contributed by atoms with E-state index in [0.29, 0.717) is 6.42 Å². The summed E-state index contributed by atoms with van der Waals surface area (Å²) in [6.07, 6.45) is 6.70. The van der Waals surface area contributed by atoms with Gasteiger partial charge >= 0.3 is 11.9 Å². The zero-order chi connectivity index (χ0) is 17.3. The maximum Gasteiger partial charge on any atom is 0.335 e. The fourth-order valence-electron chi connectivity index (χ4n) is 3.89. The highest BCUT2D eigenvalue weighted by molar-refractivity contribution is 6.03. The van der Waals surface area contributed by atoms with Gasteiger partial charge in [0.2, 0.25) is 5.54 Å². The topological polar surface area (TPSA) is 86.6 Å². The Labute approximate surface area is 140 Å². The van der Waals surface area contributed by atoms with Crippen LogP contribution >= 0.6 is 0 Å². The molecule has 3 N–H and O–H groups in total. The fraction of sp³-hybridized carbons (Fsp3) is 0.368. The zero-order valence-corrected chi connectivity index (χ0v) is 13.5. The minimum atomic E-state index is -1.94. The van der Waals surface area contributed by atoms with Crippen LogP contribution in [-0.4, -0.2) is 33.7 Å². The van der Waals surface area contributed by atoms with E-state index in [9.17, 15) is 19.8 Å². The van der Waals surface area contributed by atoms with Crippen LogP contribution in [0.5, 0.6) is 0 Å². The summed E-state index contributed by atoms with van der Waals surface area (Å²) in [5.74, 6) is -2.81. The molecule has 1 aliphatic carbocycles. The maximum absolute atomic E-state index is 11.8. The van der Waals surface area contributed by atoms with E-state index in [2.05, 4.69) is 5.32 Å². The van der Waals surface area contributed by atoms with Gasteiger partial charge in [-0.2, -0.15) is 0 Å². The van der Waals surface area contributed by atoms with Crippen LogP contribution in [0.1, 0.15) is 31.2 Å². The van der Waals surface area contributed by atoms with Gasteiger partial charge in [0.25, 0.3) is 0 Å². The SMILES string of the molecule is CCC1NC(C(=O)O)(C(=O)O)CC2C1=CC=CC2c1ccccc1. The molecule has 0 aromatic heterocycles. The summed E-state index contributed by atoms with van der Waals surface area (Å²) in [6.45, 7) is 1.94. The molecule has 0 bridgehead atoms. The normalized spacial score (nSPS) is 27.9. The number of hydrogen-bond acceptors (Lipinski definition) is 3. The highest BCUT2D eigenvalue weighted by atomic mass is 16.4. The van der Waals surface area contributed by atoms with Crippen LogP contribution in [-0.2, 0) is 9.59 Å². The predicted molar refractivity (Wildman–Crippen MR) is 89.7 cm³/mol. The van der Waals surface area contributed by atoms with E-state index in [1.807, 2.05) is 55.5 Å². The fourth-order valence-corrected chi connectivity index (χ4v) is 3.89. The Morgan fingerprint density at radius 2 is 1.88 bits per heavy atom. The Bertz CT molecular complexity index is 693. The third-order valence-corrected chi connectivity index (χ3v) is 5.14. The summed E-state index contributed by atoms with van der Waals surface area (Å²) in [7, 11) is 0. The maximum atomic E-state index is 11.8. The number of fused-ring (bicyclic) bond motifs is 1. The van der Waals surface area contributed by atoms with Crippen LogP contribution in [0.25, 0.3) is 0 Å². The highest BCUT2D eigenvalue weighted by Crippen LogP contribution is 2.44. The van der Waals surface area contributed by atoms with Gasteiger partial charge in [0, 0.05) is 12.0 Å². The van der Waals surface area contributed by atoms with Gasteiger partial charge in [0.1, 0.15) is 0 Å². The van der Waals surface area contributed by atoms with Crippen LogP contribution in [0.3, 0.4) is 0 Å². The largest absolute Gasteiger partial charge is 0.479 e. The first-order chi connectivity index (χ1) is 11.5. The van der Waals surface area contributed by atoms with Crippen LogP contribution in [0, 0.1) is 5.92 Å². The Kier molecular flexibility index (Phi) is 4.28. The third kappa shape index (κ3) is 2.55. The molecule has 1 saturated heterocycles. The van der Waals surface area contributed by atoms with E-state index in [1.54, 1.807) is 0 Å². The third-order valence-electron chi connectivity index (χ3n) is 5.14. The second kappa shape index (κ2) is 6.24. The number of rotatable bonds is 4. The van der Waals surface area contributed by atoms with Crippen molar-refractivity contribution >= 4 is 11.9 Å². The molecule has 3 rings (SSSR count). The number of benzene rings is 1. The first-order valence-electron chi connectivity index (χ1n) is 8.17. The number of nitrogens with one attached hydrogen (secondary N) is 1. The van der Waals surface area contributed by atoms with Gasteiger partial charge in [-0.15, -0.1) is 0 Å². The average Bonchev–Trinajstić information content (AvgIpc) is 2.60. The van der Waals surface area contributed by atoms with E-state index in [4.69, 9.17) is 0 Å². The molecule has 0 radical (unpaired) electrons. The molecule has 0 spiro atoms. The van der Waals surface area contributed by atoms with E-state index >= 15 is 0 Å². The number of allylic oxidation sites excluding steroid dienone is 3. The lowest BCUT2D eigenvalue weighted by Gasteiger charge is -2.45. The number of carbonyl (C=O) groups is 2. The quantitative estimate of drug-likeness (QED) is 0.740. The monoisotopic (exact) mass is 327 g/mol. The standard InChI is InChI=1S/C19H21NO4/c1-2-16-14-10-6-9-13(12-7-4-3-5-8-12)15(14)11-19(20-16,17(21)22)18(23)24/h3-10,13,15-16,20H,2,11H2,1H3,(H,21,22)(H,23,24). The van der Waals surface area contributed by atoms with Crippen molar-refractivity contribution in [2.24, 2.45) is 5.92 Å². The van der Waals surface area contributed by atoms with Crippen LogP contribution < -0.4 is 5.32 Å². The van der Waals surface area contributed by atoms with Crippen molar-refractivity contribution in [1.29, 1.82) is 0 Å². The Morgan fingerprint density at radius 3 is 2.46 bits per heavy atom. The smallest absolute Gasteiger partial charge is 0.335 e. The van der Waals surface area contributed by atoms with Gasteiger partial charge in [-0.1, -0.05) is 55.5 Å². The molecule has 24 heavy (non-hydrogen) atoms. The van der Waals surface area contributed by atoms with Gasteiger partial charge in [-0.25, -0.2) is 9.59 Å². The van der Waals surface area contributed by atoms with Crippen molar-refractivity contribution in [2.45, 2.75) is 37.3 Å². The summed E-state index contributed by atoms with van der Waals surface area (Å²) in [4.78, 5) is 23.6. The highest BCUT2D eigenvalue weighted by Gasteiger charge is 2.54. The van der Waals surface area contributed by atoms with E-state index in [1.165, 1.54) is 0 Å². The predicted octanol–water partition coefficient (Wildman–Crippen LogP) is 2.56. The number of hydrogen-bond donors (Lipinski definition) is 3. The summed E-state index contributed by atoms with van der Waals surface area (Å²) >= 11 is 0. The van der Waals surface area contributed by atoms with Gasteiger partial charge in [-0.3, -0.25) is 5.32 Å². The molecule has 3 atom stereocenters. The van der Waals surface area contributed by atoms with Crippen LogP contribution in [0.4, 0.5) is 0 Å². The molecule has 1 heterocycles. The van der Waals surface area contributed by atoms with Gasteiger partial charge in [0.05, 0.1) is 0 Å². The number of carboxylic acid groups (broad SMARTS) is 2. The Morgan fingerprint density at radius 1 is 1.21 bits per heavy atom. The van der Waals surface area contributed by atoms with Gasteiger partial charge in [0.15, 0.2) is 0 Å². The van der Waals surface area contributed by atoms with Crippen molar-refractivity contribution in [3.63, 3.8) is 0 Å². The average molecular weight is 327 g/mol.